The summed E-state index contributed by atoms with van der Waals surface area (Å²) in [7, 11) is 0. The van der Waals surface area contributed by atoms with Crippen molar-refractivity contribution in [3.8, 4) is 0 Å². The third-order valence-electron chi connectivity index (χ3n) is 13.7. The molecule has 0 heterocycles. The first-order valence-corrected chi connectivity index (χ1v) is 14.0. The van der Waals surface area contributed by atoms with Crippen LogP contribution in [-0.2, 0) is 0 Å². The van der Waals surface area contributed by atoms with Gasteiger partial charge in [-0.15, -0.1) is 0 Å². The van der Waals surface area contributed by atoms with Gasteiger partial charge in [-0.2, -0.15) is 0 Å². The second-order valence-corrected chi connectivity index (χ2v) is 13.9. The smallest absolute Gasteiger partial charge is 0.00164 e. The van der Waals surface area contributed by atoms with E-state index in [1.807, 2.05) is 0 Å². The average Bonchev–Trinajstić information content (AvgIpc) is 3.64. The first-order chi connectivity index (χ1) is 15.9. The van der Waals surface area contributed by atoms with Crippen LogP contribution in [0.4, 0.5) is 0 Å². The first kappa shape index (κ1) is 16.1. The van der Waals surface area contributed by atoms with Gasteiger partial charge in [0.25, 0.3) is 0 Å². The highest BCUT2D eigenvalue weighted by molar-refractivity contribution is 5.39. The van der Waals surface area contributed by atoms with E-state index in [9.17, 15) is 0 Å². The monoisotopic (exact) mass is 416 g/mol. The van der Waals surface area contributed by atoms with Crippen LogP contribution in [0.1, 0.15) is 0 Å². The van der Waals surface area contributed by atoms with E-state index in [0.29, 0.717) is 0 Å². The minimum Gasteiger partial charge on any atom is -0.0845 e. The van der Waals surface area contributed by atoms with Gasteiger partial charge in [0.05, 0.1) is 0 Å². The molecule has 14 aliphatic carbocycles. The Labute approximate surface area is 191 Å². The van der Waals surface area contributed by atoms with Crippen LogP contribution in [0.2, 0.25) is 0 Å². The zero-order valence-corrected chi connectivity index (χ0v) is 18.5. The van der Waals surface area contributed by atoms with Crippen LogP contribution in [0.15, 0.2) is 72.9 Å². The Hall–Kier alpha value is -1.56. The third-order valence-corrected chi connectivity index (χ3v) is 13.7. The lowest BCUT2D eigenvalue weighted by Crippen LogP contribution is -2.68. The summed E-state index contributed by atoms with van der Waals surface area (Å²) in [6.07, 6.45) is 32.2. The topological polar surface area (TPSA) is 0 Å². The van der Waals surface area contributed by atoms with E-state index in [4.69, 9.17) is 0 Å². The average molecular weight is 417 g/mol. The molecular weight excluding hydrogens is 384 g/mol. The van der Waals surface area contributed by atoms with E-state index in [2.05, 4.69) is 72.9 Å². The fourth-order valence-corrected chi connectivity index (χ4v) is 12.9. The number of hydrogen-bond donors (Lipinski definition) is 0. The molecule has 0 heteroatoms. The van der Waals surface area contributed by atoms with Crippen LogP contribution in [0.3, 0.4) is 0 Å². The molecule has 0 unspecified atom stereocenters. The van der Waals surface area contributed by atoms with Crippen molar-refractivity contribution in [3.63, 3.8) is 0 Å². The second kappa shape index (κ2) is 4.80. The van der Waals surface area contributed by atoms with E-state index >= 15 is 0 Å². The summed E-state index contributed by atoms with van der Waals surface area (Å²) in [5.41, 5.74) is 0. The lowest BCUT2D eigenvalue weighted by Gasteiger charge is -2.71. The van der Waals surface area contributed by atoms with Crippen LogP contribution in [-0.4, -0.2) is 0 Å². The molecule has 0 N–H and O–H groups in total. The Morgan fingerprint density at radius 1 is 0.188 bits per heavy atom. The maximum atomic E-state index is 2.79. The molecule has 160 valence electrons. The summed E-state index contributed by atoms with van der Waals surface area (Å²) in [5.74, 6) is 18.5. The van der Waals surface area contributed by atoms with Crippen molar-refractivity contribution in [2.24, 2.45) is 118 Å². The maximum absolute atomic E-state index is 2.79. The fraction of sp³-hybridized carbons (Fsp3) is 0.625. The van der Waals surface area contributed by atoms with Crippen molar-refractivity contribution >= 4 is 0 Å². The highest BCUT2D eigenvalue weighted by Crippen LogP contribution is 2.79. The normalized spacial score (nSPS) is 73.5. The van der Waals surface area contributed by atoms with Gasteiger partial charge in [0.1, 0.15) is 0 Å². The molecule has 10 bridgehead atoms. The third kappa shape index (κ3) is 1.48. The van der Waals surface area contributed by atoms with Gasteiger partial charge in [0, 0.05) is 0 Å². The molecule has 0 saturated heterocycles. The van der Waals surface area contributed by atoms with Crippen LogP contribution in [0, 0.1) is 118 Å². The molecule has 0 aromatic rings. The van der Waals surface area contributed by atoms with Crippen molar-refractivity contribution < 1.29 is 0 Å². The van der Waals surface area contributed by atoms with E-state index in [-0.39, 0.29) is 0 Å². The molecule has 0 aromatic heterocycles. The van der Waals surface area contributed by atoms with Crippen molar-refractivity contribution in [2.45, 2.75) is 0 Å². The molecule has 0 atom stereocenters. The fourth-order valence-electron chi connectivity index (χ4n) is 12.9. The van der Waals surface area contributed by atoms with Crippen molar-refractivity contribution in [1.29, 1.82) is 0 Å². The van der Waals surface area contributed by atoms with Gasteiger partial charge < -0.3 is 0 Å². The van der Waals surface area contributed by atoms with Gasteiger partial charge in [-0.05, 0) is 118 Å². The molecule has 0 spiro atoms. The largest absolute Gasteiger partial charge is 0.0845 e. The summed E-state index contributed by atoms with van der Waals surface area (Å²) < 4.78 is 0. The molecule has 5 fully saturated rings. The van der Waals surface area contributed by atoms with Crippen molar-refractivity contribution in [3.05, 3.63) is 72.9 Å². The van der Waals surface area contributed by atoms with E-state index in [0.717, 1.165) is 118 Å². The Morgan fingerprint density at radius 3 is 1.09 bits per heavy atom. The summed E-state index contributed by atoms with van der Waals surface area (Å²) in [6, 6.07) is 0. The van der Waals surface area contributed by atoms with Crippen LogP contribution in [0.5, 0.6) is 0 Å². The maximum Gasteiger partial charge on any atom is -0.00164 e. The number of rotatable bonds is 0. The first-order valence-electron chi connectivity index (χ1n) is 14.0. The molecule has 0 aromatic carbocycles. The predicted octanol–water partition coefficient (Wildman–Crippen LogP) is 5.80. The molecular formula is C32H32. The molecule has 0 nitrogen and oxygen atoms in total. The Morgan fingerprint density at radius 2 is 0.500 bits per heavy atom. The van der Waals surface area contributed by atoms with E-state index in [1.54, 1.807) is 0 Å². The van der Waals surface area contributed by atoms with Crippen LogP contribution in [0.25, 0.3) is 0 Å². The minimum atomic E-state index is 0.735. The Kier molecular flexibility index (Phi) is 2.42. The van der Waals surface area contributed by atoms with Crippen molar-refractivity contribution in [2.75, 3.05) is 0 Å². The molecule has 0 amide bonds. The minimum absolute atomic E-state index is 0.735. The lowest BCUT2D eigenvalue weighted by atomic mass is 9.32. The summed E-state index contributed by atoms with van der Waals surface area (Å²) >= 11 is 0. The number of allylic oxidation sites excluding steroid dienone is 12. The molecule has 14 rings (SSSR count). The summed E-state index contributed by atoms with van der Waals surface area (Å²) in [5, 5.41) is 0. The second-order valence-electron chi connectivity index (χ2n) is 13.9. The van der Waals surface area contributed by atoms with Gasteiger partial charge in [-0.25, -0.2) is 0 Å². The van der Waals surface area contributed by atoms with Gasteiger partial charge >= 0.3 is 0 Å². The van der Waals surface area contributed by atoms with Gasteiger partial charge in [-0.1, -0.05) is 72.9 Å². The Bertz CT molecular complexity index is 1100. The predicted molar refractivity (Wildman–Crippen MR) is 125 cm³/mol. The zero-order chi connectivity index (χ0) is 20.0. The standard InChI is InChI=1S/C32H32/c1-5-15-16-6-2-13(1)23-21-11-9-19-20-10-12-22(27(19)30(21)31(23)25(15)16)29-24-14-3-7-17-18(8-4-14)26(17)32(24)28(20)29/h1-32H. The summed E-state index contributed by atoms with van der Waals surface area (Å²) in [4.78, 5) is 0. The molecule has 0 aliphatic heterocycles. The van der Waals surface area contributed by atoms with Gasteiger partial charge in [0.15, 0.2) is 0 Å². The van der Waals surface area contributed by atoms with Crippen LogP contribution < -0.4 is 0 Å². The van der Waals surface area contributed by atoms with Gasteiger partial charge in [0.2, 0.25) is 0 Å². The Balaban J connectivity index is 1.03. The molecule has 5 saturated carbocycles. The highest BCUT2D eigenvalue weighted by Gasteiger charge is 2.75. The SMILES string of the molecule is C1=CC2C3C=CC1C1C4C=CC5C6C=CC(C5C4C1C23)C1C2C3C=CC4C(C=C3)C4C2C61. The zero-order valence-electron chi connectivity index (χ0n) is 18.5. The van der Waals surface area contributed by atoms with Crippen LogP contribution >= 0.6 is 0 Å². The van der Waals surface area contributed by atoms with E-state index < -0.39 is 0 Å². The number of hydrogen-bond acceptors (Lipinski definition) is 0. The van der Waals surface area contributed by atoms with Crippen molar-refractivity contribution in [1.82, 2.24) is 0 Å². The molecule has 32 heavy (non-hydrogen) atoms. The van der Waals surface area contributed by atoms with E-state index in [1.165, 1.54) is 0 Å². The summed E-state index contributed by atoms with van der Waals surface area (Å²) in [6.45, 7) is 0. The number of fused-ring (bicyclic) bond motifs is 1. The quantitative estimate of drug-likeness (QED) is 0.438. The highest BCUT2D eigenvalue weighted by atomic mass is 14.8. The molecule has 0 radical (unpaired) electrons. The molecule has 14 aliphatic rings. The lowest BCUT2D eigenvalue weighted by molar-refractivity contribution is -0.203. The van der Waals surface area contributed by atoms with Gasteiger partial charge in [-0.3, -0.25) is 0 Å².